The monoisotopic (exact) mass is 542 g/mol. The van der Waals surface area contributed by atoms with Gasteiger partial charge in [-0.15, -0.1) is 0 Å². The second kappa shape index (κ2) is 7.74. The standard InChI is InChI=1S/C30H38O9/c1-15(2)6-10-27(4)21-20(32)22(33)28(5)17(29(21)14-36-19(31)12-18(29)38-27)7-9-26(3)23(16-8-11-35-13-16)37-25(34)24-30(26,28)39-24/h8,11,13,15,17-18,21-24,33H,6-7,9-10,12,14H2,1-5H3/t17-,18-,21-,22+,23-,24+,26+,27+,28+,29+,30-/m0/s1. The number of hydrogen-bond acceptors (Lipinski definition) is 9. The number of esters is 2. The number of carbonyl (C=O) groups excluding carboxylic acids is 3. The molecule has 5 heterocycles. The highest BCUT2D eigenvalue weighted by Crippen LogP contribution is 2.80. The van der Waals surface area contributed by atoms with Gasteiger partial charge < -0.3 is 28.5 Å². The molecule has 9 nitrogen and oxygen atoms in total. The van der Waals surface area contributed by atoms with Crippen molar-refractivity contribution in [1.29, 1.82) is 0 Å². The van der Waals surface area contributed by atoms with Gasteiger partial charge in [-0.1, -0.05) is 27.7 Å². The number of epoxide rings is 1. The lowest BCUT2D eigenvalue weighted by Gasteiger charge is -2.66. The summed E-state index contributed by atoms with van der Waals surface area (Å²) in [6.45, 7) is 10.2. The minimum absolute atomic E-state index is 0.0597. The average Bonchev–Trinajstić information content (AvgIpc) is 3.34. The molecular weight excluding hydrogens is 504 g/mol. The first-order valence-electron chi connectivity index (χ1n) is 14.3. The minimum Gasteiger partial charge on any atom is -0.472 e. The largest absolute Gasteiger partial charge is 0.472 e. The van der Waals surface area contributed by atoms with Crippen LogP contribution in [0.4, 0.5) is 0 Å². The number of furan rings is 1. The van der Waals surface area contributed by atoms with Crippen LogP contribution in [0.1, 0.15) is 78.4 Å². The van der Waals surface area contributed by atoms with Gasteiger partial charge >= 0.3 is 11.9 Å². The summed E-state index contributed by atoms with van der Waals surface area (Å²) in [5, 5.41) is 12.1. The first kappa shape index (κ1) is 25.7. The van der Waals surface area contributed by atoms with Crippen molar-refractivity contribution < 1.29 is 42.9 Å². The molecule has 2 aliphatic carbocycles. The molecule has 4 aliphatic heterocycles. The summed E-state index contributed by atoms with van der Waals surface area (Å²) >= 11 is 0. The van der Waals surface area contributed by atoms with E-state index in [0.717, 1.165) is 12.0 Å². The van der Waals surface area contributed by atoms with Gasteiger partial charge in [0.05, 0.1) is 36.6 Å². The van der Waals surface area contributed by atoms with Crippen molar-refractivity contribution >= 4 is 17.7 Å². The Morgan fingerprint density at radius 1 is 1.10 bits per heavy atom. The Morgan fingerprint density at radius 2 is 1.87 bits per heavy atom. The van der Waals surface area contributed by atoms with Crippen LogP contribution in [0.15, 0.2) is 23.0 Å². The summed E-state index contributed by atoms with van der Waals surface area (Å²) in [7, 11) is 0. The Balaban J connectivity index is 1.39. The lowest BCUT2D eigenvalue weighted by Crippen LogP contribution is -2.76. The number of Topliss-reactive ketones (excluding diaryl/α,β-unsaturated/α-hetero) is 1. The van der Waals surface area contributed by atoms with Crippen LogP contribution in [0.3, 0.4) is 0 Å². The van der Waals surface area contributed by atoms with E-state index in [4.69, 9.17) is 23.4 Å². The third kappa shape index (κ3) is 2.80. The first-order chi connectivity index (χ1) is 18.4. The SMILES string of the molecule is CC(C)CC[C@@]1(C)O[C@H]2CC(=O)OC[C@@]23[C@H]2CC[C@]4(C)[C@H](c5ccoc5)OC(=O)[C@H]5O[C@@]54[C@@]2(C)[C@H](O)C(=O)[C@H]31. The lowest BCUT2D eigenvalue weighted by molar-refractivity contribution is -0.252. The van der Waals surface area contributed by atoms with Crippen molar-refractivity contribution in [2.75, 3.05) is 6.61 Å². The van der Waals surface area contributed by atoms with Crippen molar-refractivity contribution in [3.63, 3.8) is 0 Å². The fraction of sp³-hybridized carbons (Fsp3) is 0.767. The van der Waals surface area contributed by atoms with E-state index < -0.39 is 63.8 Å². The highest BCUT2D eigenvalue weighted by molar-refractivity contribution is 5.92. The van der Waals surface area contributed by atoms with E-state index in [0.29, 0.717) is 25.2 Å². The summed E-state index contributed by atoms with van der Waals surface area (Å²) in [6, 6.07) is 1.78. The van der Waals surface area contributed by atoms with Gasteiger partial charge in [0.2, 0.25) is 0 Å². The number of ketones is 1. The molecule has 212 valence electrons. The number of rotatable bonds is 4. The van der Waals surface area contributed by atoms with E-state index in [2.05, 4.69) is 13.8 Å². The minimum atomic E-state index is -1.38. The van der Waals surface area contributed by atoms with E-state index in [9.17, 15) is 19.5 Å². The van der Waals surface area contributed by atoms with Crippen molar-refractivity contribution in [3.8, 4) is 0 Å². The quantitative estimate of drug-likeness (QED) is 0.449. The summed E-state index contributed by atoms with van der Waals surface area (Å²) in [6.07, 6.45) is 2.52. The molecule has 0 bridgehead atoms. The van der Waals surface area contributed by atoms with Crippen LogP contribution in [-0.2, 0) is 33.3 Å². The molecule has 1 aromatic heterocycles. The normalized spacial score (nSPS) is 51.7. The van der Waals surface area contributed by atoms with Gasteiger partial charge in [-0.3, -0.25) is 9.59 Å². The molecule has 1 aromatic rings. The van der Waals surface area contributed by atoms with Crippen LogP contribution in [-0.4, -0.2) is 58.9 Å². The maximum atomic E-state index is 14.5. The number of cyclic esters (lactones) is 2. The first-order valence-corrected chi connectivity index (χ1v) is 14.3. The van der Waals surface area contributed by atoms with Gasteiger partial charge in [-0.2, -0.15) is 0 Å². The van der Waals surface area contributed by atoms with E-state index in [1.165, 1.54) is 0 Å². The van der Waals surface area contributed by atoms with E-state index >= 15 is 0 Å². The molecule has 7 rings (SSSR count). The number of aliphatic hydroxyl groups is 1. The molecule has 0 radical (unpaired) electrons. The Kier molecular flexibility index (Phi) is 5.10. The number of aliphatic hydroxyl groups excluding tert-OH is 1. The molecule has 9 heteroatoms. The number of fused-ring (bicyclic) bond motifs is 1. The van der Waals surface area contributed by atoms with Gasteiger partial charge in [-0.25, -0.2) is 4.79 Å². The maximum absolute atomic E-state index is 14.5. The zero-order valence-electron chi connectivity index (χ0n) is 23.2. The molecule has 6 fully saturated rings. The molecule has 6 aliphatic rings. The molecule has 0 aromatic carbocycles. The fourth-order valence-electron chi connectivity index (χ4n) is 10.1. The predicted octanol–water partition coefficient (Wildman–Crippen LogP) is 3.52. The highest BCUT2D eigenvalue weighted by atomic mass is 16.7. The molecule has 1 N–H and O–H groups in total. The Morgan fingerprint density at radius 3 is 2.56 bits per heavy atom. The van der Waals surface area contributed by atoms with Gasteiger partial charge in [0.25, 0.3) is 0 Å². The Labute approximate surface area is 227 Å². The van der Waals surface area contributed by atoms with E-state index in [1.807, 2.05) is 20.8 Å². The van der Waals surface area contributed by atoms with Crippen molar-refractivity contribution in [2.24, 2.45) is 34.0 Å². The van der Waals surface area contributed by atoms with Gasteiger partial charge in [0.15, 0.2) is 11.9 Å². The smallest absolute Gasteiger partial charge is 0.339 e. The zero-order valence-corrected chi connectivity index (χ0v) is 23.2. The topological polar surface area (TPSA) is 125 Å². The van der Waals surface area contributed by atoms with Crippen molar-refractivity contribution in [1.82, 2.24) is 0 Å². The summed E-state index contributed by atoms with van der Waals surface area (Å²) in [5.41, 5.74) is -3.90. The van der Waals surface area contributed by atoms with Gasteiger partial charge in [0.1, 0.15) is 24.4 Å². The average molecular weight is 543 g/mol. The predicted molar refractivity (Wildman–Crippen MR) is 134 cm³/mol. The molecule has 2 spiro atoms. The molecule has 4 saturated heterocycles. The molecule has 0 unspecified atom stereocenters. The number of carbonyl (C=O) groups is 3. The van der Waals surface area contributed by atoms with Crippen LogP contribution in [0.5, 0.6) is 0 Å². The van der Waals surface area contributed by atoms with Gasteiger partial charge in [-0.05, 0) is 50.5 Å². The van der Waals surface area contributed by atoms with E-state index in [-0.39, 0.29) is 30.7 Å². The zero-order chi connectivity index (χ0) is 27.8. The second-order valence-electron chi connectivity index (χ2n) is 14.0. The van der Waals surface area contributed by atoms with Crippen LogP contribution < -0.4 is 0 Å². The number of ether oxygens (including phenoxy) is 4. The summed E-state index contributed by atoms with van der Waals surface area (Å²) in [5.74, 6) is -1.64. The summed E-state index contributed by atoms with van der Waals surface area (Å²) < 4.78 is 30.2. The van der Waals surface area contributed by atoms with E-state index in [1.54, 1.807) is 18.6 Å². The lowest BCUT2D eigenvalue weighted by atomic mass is 9.36. The van der Waals surface area contributed by atoms with Crippen molar-refractivity contribution in [3.05, 3.63) is 24.2 Å². The molecule has 0 amide bonds. The Bertz CT molecular complexity index is 1240. The molecule has 39 heavy (non-hydrogen) atoms. The molecular formula is C30H38O9. The second-order valence-corrected chi connectivity index (χ2v) is 14.0. The maximum Gasteiger partial charge on any atom is 0.339 e. The number of hydrogen-bond donors (Lipinski definition) is 1. The highest BCUT2D eigenvalue weighted by Gasteiger charge is 2.90. The molecule has 11 atom stereocenters. The third-order valence-electron chi connectivity index (χ3n) is 11.8. The Hall–Kier alpha value is -2.23. The fourth-order valence-corrected chi connectivity index (χ4v) is 10.1. The third-order valence-corrected chi connectivity index (χ3v) is 11.8. The van der Waals surface area contributed by atoms with Crippen LogP contribution in [0.2, 0.25) is 0 Å². The van der Waals surface area contributed by atoms with Crippen LogP contribution in [0.25, 0.3) is 0 Å². The van der Waals surface area contributed by atoms with Crippen molar-refractivity contribution in [2.45, 2.75) is 102 Å². The van der Waals surface area contributed by atoms with Crippen LogP contribution >= 0.6 is 0 Å². The van der Waals surface area contributed by atoms with Crippen LogP contribution in [0, 0.1) is 34.0 Å². The molecule has 2 saturated carbocycles. The summed E-state index contributed by atoms with van der Waals surface area (Å²) in [4.78, 5) is 40.4. The van der Waals surface area contributed by atoms with Gasteiger partial charge in [0, 0.05) is 21.8 Å².